The number of rotatable bonds is 3. The second-order valence-electron chi connectivity index (χ2n) is 3.81. The summed E-state index contributed by atoms with van der Waals surface area (Å²) in [4.78, 5) is 13.2. The van der Waals surface area contributed by atoms with Crippen molar-refractivity contribution >= 4 is 5.91 Å². The summed E-state index contributed by atoms with van der Waals surface area (Å²) in [6.45, 7) is 3.99. The zero-order chi connectivity index (χ0) is 10.7. The van der Waals surface area contributed by atoms with Crippen LogP contribution < -0.4 is 0 Å². The van der Waals surface area contributed by atoms with E-state index in [9.17, 15) is 9.90 Å². The van der Waals surface area contributed by atoms with Crippen LogP contribution in [-0.4, -0.2) is 47.8 Å². The molecule has 0 aliphatic carbocycles. The van der Waals surface area contributed by atoms with E-state index in [0.717, 1.165) is 6.42 Å². The first-order chi connectivity index (χ1) is 6.61. The van der Waals surface area contributed by atoms with Gasteiger partial charge in [-0.3, -0.25) is 4.79 Å². The van der Waals surface area contributed by atoms with Gasteiger partial charge in [-0.1, -0.05) is 6.92 Å². The predicted molar refractivity (Wildman–Crippen MR) is 52.9 cm³/mol. The standard InChI is InChI=1S/C10H19NO3/c1-4-8-5-10(13)9(6-14-3)11(8)7(2)12/h8-10,13H,4-6H2,1-3H3. The molecule has 1 amide bonds. The lowest BCUT2D eigenvalue weighted by Crippen LogP contribution is -2.44. The highest BCUT2D eigenvalue weighted by Gasteiger charge is 2.40. The van der Waals surface area contributed by atoms with E-state index < -0.39 is 6.10 Å². The van der Waals surface area contributed by atoms with E-state index in [0.29, 0.717) is 13.0 Å². The van der Waals surface area contributed by atoms with Crippen molar-refractivity contribution < 1.29 is 14.6 Å². The fourth-order valence-corrected chi connectivity index (χ4v) is 2.22. The molecule has 0 saturated carbocycles. The SMILES string of the molecule is CCC1CC(O)C(COC)N1C(C)=O. The first-order valence-corrected chi connectivity index (χ1v) is 5.07. The molecule has 0 aromatic heterocycles. The summed E-state index contributed by atoms with van der Waals surface area (Å²) >= 11 is 0. The number of ether oxygens (including phenoxy) is 1. The molecule has 1 fully saturated rings. The fourth-order valence-electron chi connectivity index (χ4n) is 2.22. The lowest BCUT2D eigenvalue weighted by atomic mass is 10.1. The minimum absolute atomic E-state index is 0.0236. The first kappa shape index (κ1) is 11.5. The van der Waals surface area contributed by atoms with Gasteiger partial charge in [0, 0.05) is 20.1 Å². The number of nitrogens with zero attached hydrogens (tertiary/aromatic N) is 1. The van der Waals surface area contributed by atoms with E-state index >= 15 is 0 Å². The van der Waals surface area contributed by atoms with Crippen molar-refractivity contribution in [1.29, 1.82) is 0 Å². The summed E-state index contributed by atoms with van der Waals surface area (Å²) in [7, 11) is 1.59. The third kappa shape index (κ3) is 2.07. The molecular formula is C10H19NO3. The maximum Gasteiger partial charge on any atom is 0.220 e. The molecule has 1 aliphatic heterocycles. The molecule has 14 heavy (non-hydrogen) atoms. The predicted octanol–water partition coefficient (Wildman–Crippen LogP) is 0.393. The molecule has 0 aromatic carbocycles. The van der Waals surface area contributed by atoms with E-state index in [1.54, 1.807) is 18.9 Å². The van der Waals surface area contributed by atoms with Crippen LogP contribution in [0.5, 0.6) is 0 Å². The zero-order valence-electron chi connectivity index (χ0n) is 9.06. The highest BCUT2D eigenvalue weighted by molar-refractivity contribution is 5.74. The highest BCUT2D eigenvalue weighted by Crippen LogP contribution is 2.26. The Hall–Kier alpha value is -0.610. The summed E-state index contributed by atoms with van der Waals surface area (Å²) in [6, 6.07) is 0.00472. The van der Waals surface area contributed by atoms with Crippen molar-refractivity contribution in [3.05, 3.63) is 0 Å². The van der Waals surface area contributed by atoms with Crippen LogP contribution in [0.25, 0.3) is 0 Å². The Morgan fingerprint density at radius 2 is 2.29 bits per heavy atom. The summed E-state index contributed by atoms with van der Waals surface area (Å²) < 4.78 is 5.02. The molecule has 4 nitrogen and oxygen atoms in total. The van der Waals surface area contributed by atoms with E-state index in [2.05, 4.69) is 0 Å². The van der Waals surface area contributed by atoms with Crippen LogP contribution >= 0.6 is 0 Å². The van der Waals surface area contributed by atoms with E-state index in [1.807, 2.05) is 6.92 Å². The van der Waals surface area contributed by atoms with Gasteiger partial charge in [-0.25, -0.2) is 0 Å². The third-order valence-corrected chi connectivity index (χ3v) is 2.88. The lowest BCUT2D eigenvalue weighted by Gasteiger charge is -2.28. The number of amides is 1. The van der Waals surface area contributed by atoms with Crippen LogP contribution in [0, 0.1) is 0 Å². The van der Waals surface area contributed by atoms with Crippen LogP contribution in [0.15, 0.2) is 0 Å². The zero-order valence-corrected chi connectivity index (χ0v) is 9.06. The summed E-state index contributed by atoms with van der Waals surface area (Å²) in [6.07, 6.45) is 1.12. The van der Waals surface area contributed by atoms with Crippen LogP contribution in [0.1, 0.15) is 26.7 Å². The van der Waals surface area contributed by atoms with E-state index in [1.165, 1.54) is 0 Å². The smallest absolute Gasteiger partial charge is 0.220 e. The van der Waals surface area contributed by atoms with Gasteiger partial charge < -0.3 is 14.7 Å². The maximum absolute atomic E-state index is 11.4. The summed E-state index contributed by atoms with van der Waals surface area (Å²) in [5, 5.41) is 9.77. The number of hydrogen-bond donors (Lipinski definition) is 1. The first-order valence-electron chi connectivity index (χ1n) is 5.07. The average Bonchev–Trinajstić information content (AvgIpc) is 2.44. The third-order valence-electron chi connectivity index (χ3n) is 2.88. The van der Waals surface area contributed by atoms with Gasteiger partial charge in [0.25, 0.3) is 0 Å². The summed E-state index contributed by atoms with van der Waals surface area (Å²) in [5.41, 5.74) is 0. The number of aliphatic hydroxyl groups excluding tert-OH is 1. The number of aliphatic hydroxyl groups is 1. The molecule has 1 N–H and O–H groups in total. The second kappa shape index (κ2) is 4.75. The Labute approximate surface area is 84.8 Å². The number of carbonyl (C=O) groups is 1. The molecule has 3 atom stereocenters. The number of hydrogen-bond acceptors (Lipinski definition) is 3. The molecule has 1 saturated heterocycles. The molecular weight excluding hydrogens is 182 g/mol. The lowest BCUT2D eigenvalue weighted by molar-refractivity contribution is -0.133. The van der Waals surface area contributed by atoms with Gasteiger partial charge in [0.1, 0.15) is 0 Å². The molecule has 0 spiro atoms. The summed E-state index contributed by atoms with van der Waals surface area (Å²) in [5.74, 6) is 0.0236. The van der Waals surface area contributed by atoms with Crippen molar-refractivity contribution in [1.82, 2.24) is 4.90 Å². The largest absolute Gasteiger partial charge is 0.391 e. The van der Waals surface area contributed by atoms with Gasteiger partial charge in [0.2, 0.25) is 5.91 Å². The quantitative estimate of drug-likeness (QED) is 0.718. The Morgan fingerprint density at radius 1 is 1.64 bits per heavy atom. The maximum atomic E-state index is 11.4. The van der Waals surface area contributed by atoms with Gasteiger partial charge >= 0.3 is 0 Å². The number of carbonyl (C=O) groups excluding carboxylic acids is 1. The van der Waals surface area contributed by atoms with E-state index in [4.69, 9.17) is 4.74 Å². The van der Waals surface area contributed by atoms with Crippen molar-refractivity contribution in [3.63, 3.8) is 0 Å². The fraction of sp³-hybridized carbons (Fsp3) is 0.900. The Kier molecular flexibility index (Phi) is 3.89. The van der Waals surface area contributed by atoms with Crippen LogP contribution in [0.4, 0.5) is 0 Å². The molecule has 0 radical (unpaired) electrons. The number of likely N-dealkylation sites (tertiary alicyclic amines) is 1. The van der Waals surface area contributed by atoms with Gasteiger partial charge in [0.05, 0.1) is 18.8 Å². The molecule has 4 heteroatoms. The molecule has 82 valence electrons. The monoisotopic (exact) mass is 201 g/mol. The van der Waals surface area contributed by atoms with Crippen molar-refractivity contribution in [2.24, 2.45) is 0 Å². The minimum Gasteiger partial charge on any atom is -0.391 e. The normalized spacial score (nSPS) is 32.3. The van der Waals surface area contributed by atoms with Crippen molar-refractivity contribution in [2.75, 3.05) is 13.7 Å². The van der Waals surface area contributed by atoms with Gasteiger partial charge in [-0.05, 0) is 12.8 Å². The van der Waals surface area contributed by atoms with E-state index in [-0.39, 0.29) is 18.0 Å². The van der Waals surface area contributed by atoms with Crippen LogP contribution in [0.3, 0.4) is 0 Å². The van der Waals surface area contributed by atoms with Gasteiger partial charge in [-0.15, -0.1) is 0 Å². The molecule has 1 heterocycles. The Morgan fingerprint density at radius 3 is 2.71 bits per heavy atom. The van der Waals surface area contributed by atoms with Gasteiger partial charge in [-0.2, -0.15) is 0 Å². The van der Waals surface area contributed by atoms with Gasteiger partial charge in [0.15, 0.2) is 0 Å². The molecule has 1 rings (SSSR count). The topological polar surface area (TPSA) is 49.8 Å². The Bertz CT molecular complexity index is 208. The Balaban J connectivity index is 2.75. The molecule has 3 unspecified atom stereocenters. The molecule has 0 aromatic rings. The van der Waals surface area contributed by atoms with Crippen molar-refractivity contribution in [2.45, 2.75) is 44.9 Å². The molecule has 1 aliphatic rings. The second-order valence-corrected chi connectivity index (χ2v) is 3.81. The molecule has 0 bridgehead atoms. The van der Waals surface area contributed by atoms with Crippen LogP contribution in [-0.2, 0) is 9.53 Å². The number of methoxy groups -OCH3 is 1. The van der Waals surface area contributed by atoms with Crippen molar-refractivity contribution in [3.8, 4) is 0 Å². The average molecular weight is 201 g/mol. The minimum atomic E-state index is -0.441. The highest BCUT2D eigenvalue weighted by atomic mass is 16.5. The van der Waals surface area contributed by atoms with Crippen LogP contribution in [0.2, 0.25) is 0 Å².